The van der Waals surface area contributed by atoms with Crippen molar-refractivity contribution in [3.8, 4) is 12.1 Å². The molecule has 8 nitrogen and oxygen atoms in total. The van der Waals surface area contributed by atoms with Gasteiger partial charge in [-0.2, -0.15) is 10.5 Å². The first kappa shape index (κ1) is 16.3. The van der Waals surface area contributed by atoms with Gasteiger partial charge in [0.15, 0.2) is 0 Å². The molecule has 0 bridgehead atoms. The zero-order valence-corrected chi connectivity index (χ0v) is 11.0. The Labute approximate surface area is 124 Å². The van der Waals surface area contributed by atoms with Crippen LogP contribution in [-0.2, 0) is 0 Å². The lowest BCUT2D eigenvalue weighted by atomic mass is 10.1. The number of hydrogen-bond acceptors (Lipinski definition) is 6. The molecule has 0 radical (unpaired) electrons. The van der Waals surface area contributed by atoms with E-state index in [1.165, 1.54) is 12.1 Å². The molecule has 0 N–H and O–H groups in total. The molecule has 0 aliphatic heterocycles. The highest BCUT2D eigenvalue weighted by Crippen LogP contribution is 2.24. The molecule has 0 atom stereocenters. The molecule has 0 aliphatic carbocycles. The van der Waals surface area contributed by atoms with Crippen LogP contribution in [0.5, 0.6) is 0 Å². The van der Waals surface area contributed by atoms with Crippen LogP contribution in [-0.4, -0.2) is 9.85 Å². The van der Waals surface area contributed by atoms with Crippen molar-refractivity contribution >= 4 is 11.4 Å². The molecule has 0 aromatic heterocycles. The number of hydrogen-bond donors (Lipinski definition) is 0. The van der Waals surface area contributed by atoms with Crippen LogP contribution in [0.2, 0.25) is 0 Å². The van der Waals surface area contributed by atoms with Gasteiger partial charge in [-0.05, 0) is 12.1 Å². The summed E-state index contributed by atoms with van der Waals surface area (Å²) < 4.78 is 0. The average molecular weight is 296 g/mol. The van der Waals surface area contributed by atoms with Crippen molar-refractivity contribution in [2.75, 3.05) is 0 Å². The summed E-state index contributed by atoms with van der Waals surface area (Å²) in [6.45, 7) is 0. The maximum atomic E-state index is 10.2. The Morgan fingerprint density at radius 3 is 1.32 bits per heavy atom. The monoisotopic (exact) mass is 296 g/mol. The van der Waals surface area contributed by atoms with E-state index in [1.54, 1.807) is 24.3 Å². The molecule has 0 aliphatic rings. The Kier molecular flexibility index (Phi) is 5.71. The molecule has 22 heavy (non-hydrogen) atoms. The first-order valence-electron chi connectivity index (χ1n) is 5.78. The maximum Gasteiger partial charge on any atom is 0.346 e. The summed E-state index contributed by atoms with van der Waals surface area (Å²) in [7, 11) is 0. The van der Waals surface area contributed by atoms with Crippen molar-refractivity contribution in [2.24, 2.45) is 0 Å². The van der Waals surface area contributed by atoms with Gasteiger partial charge in [-0.15, -0.1) is 0 Å². The van der Waals surface area contributed by atoms with Crippen molar-refractivity contribution < 1.29 is 9.85 Å². The van der Waals surface area contributed by atoms with Crippen LogP contribution in [0.1, 0.15) is 11.1 Å². The highest BCUT2D eigenvalue weighted by molar-refractivity contribution is 5.51. The minimum atomic E-state index is -0.780. The molecule has 0 saturated carbocycles. The number of nitrogens with zero attached hydrogens (tertiary/aromatic N) is 4. The number of nitro benzene ring substituents is 2. The van der Waals surface area contributed by atoms with Crippen molar-refractivity contribution in [1.29, 1.82) is 10.5 Å². The Hall–Kier alpha value is -3.78. The number of nitriles is 2. The summed E-state index contributed by atoms with van der Waals surface area (Å²) >= 11 is 0. The van der Waals surface area contributed by atoms with E-state index in [0.29, 0.717) is 11.1 Å². The Bertz CT molecular complexity index is 724. The molecule has 8 heteroatoms. The summed E-state index contributed by atoms with van der Waals surface area (Å²) in [5.41, 5.74) is -0.0972. The van der Waals surface area contributed by atoms with Gasteiger partial charge in [0.1, 0.15) is 12.1 Å². The molecule has 0 saturated heterocycles. The predicted molar refractivity (Wildman–Crippen MR) is 75.6 cm³/mol. The third kappa shape index (κ3) is 4.11. The topological polar surface area (TPSA) is 134 Å². The molecular formula is C14H8N4O4. The normalized spacial score (nSPS) is 8.64. The largest absolute Gasteiger partial charge is 0.346 e. The standard InChI is InChI=1S/C8H4N2.C6H4N2O4/c9-5-7-3-1-2-4-8(7)6-10;9-7(10)5-3-1-2-4-6(5)8(11)12/h1-4H;1-4H. The third-order valence-electron chi connectivity index (χ3n) is 2.44. The number of para-hydroxylation sites is 2. The van der Waals surface area contributed by atoms with E-state index in [-0.39, 0.29) is 0 Å². The first-order chi connectivity index (χ1) is 10.5. The van der Waals surface area contributed by atoms with E-state index >= 15 is 0 Å². The van der Waals surface area contributed by atoms with Crippen LogP contribution in [0, 0.1) is 42.9 Å². The molecule has 0 unspecified atom stereocenters. The maximum absolute atomic E-state index is 10.2. The van der Waals surface area contributed by atoms with Crippen molar-refractivity contribution in [3.05, 3.63) is 79.9 Å². The van der Waals surface area contributed by atoms with Crippen molar-refractivity contribution in [2.45, 2.75) is 0 Å². The second-order valence-electron chi connectivity index (χ2n) is 3.77. The summed E-state index contributed by atoms with van der Waals surface area (Å²) in [6, 6.07) is 15.5. The minimum Gasteiger partial charge on any atom is -0.258 e. The zero-order valence-electron chi connectivity index (χ0n) is 11.0. The fourth-order valence-corrected chi connectivity index (χ4v) is 1.45. The lowest BCUT2D eigenvalue weighted by molar-refractivity contribution is -0.422. The molecule has 108 valence electrons. The first-order valence-corrected chi connectivity index (χ1v) is 5.78. The molecule has 0 amide bonds. The van der Waals surface area contributed by atoms with E-state index in [9.17, 15) is 20.2 Å². The van der Waals surface area contributed by atoms with Gasteiger partial charge in [-0.3, -0.25) is 20.2 Å². The summed E-state index contributed by atoms with van der Waals surface area (Å²) in [5.74, 6) is 0. The Morgan fingerprint density at radius 1 is 0.727 bits per heavy atom. The van der Waals surface area contributed by atoms with Crippen LogP contribution in [0.15, 0.2) is 48.5 Å². The Morgan fingerprint density at radius 2 is 1.05 bits per heavy atom. The van der Waals surface area contributed by atoms with Crippen LogP contribution in [0.25, 0.3) is 0 Å². The number of benzene rings is 2. The van der Waals surface area contributed by atoms with Gasteiger partial charge in [0.2, 0.25) is 0 Å². The molecular weight excluding hydrogens is 288 g/mol. The van der Waals surface area contributed by atoms with Gasteiger partial charge in [0.05, 0.1) is 21.0 Å². The minimum absolute atomic E-state index is 0.435. The lowest BCUT2D eigenvalue weighted by Crippen LogP contribution is -1.95. The summed E-state index contributed by atoms with van der Waals surface area (Å²) in [6.07, 6.45) is 0. The van der Waals surface area contributed by atoms with E-state index in [1.807, 2.05) is 12.1 Å². The molecule has 0 heterocycles. The lowest BCUT2D eigenvalue weighted by Gasteiger charge is -1.91. The Balaban J connectivity index is 0.000000224. The molecule has 2 rings (SSSR count). The van der Waals surface area contributed by atoms with Crippen LogP contribution >= 0.6 is 0 Å². The van der Waals surface area contributed by atoms with E-state index in [0.717, 1.165) is 12.1 Å². The number of rotatable bonds is 2. The molecule has 2 aromatic carbocycles. The van der Waals surface area contributed by atoms with Crippen LogP contribution < -0.4 is 0 Å². The number of nitro groups is 2. The zero-order chi connectivity index (χ0) is 16.5. The smallest absolute Gasteiger partial charge is 0.258 e. The fraction of sp³-hybridized carbons (Fsp3) is 0. The van der Waals surface area contributed by atoms with Gasteiger partial charge in [0, 0.05) is 12.1 Å². The van der Waals surface area contributed by atoms with E-state index in [2.05, 4.69) is 0 Å². The van der Waals surface area contributed by atoms with Gasteiger partial charge >= 0.3 is 11.4 Å². The molecule has 0 spiro atoms. The van der Waals surface area contributed by atoms with Crippen molar-refractivity contribution in [1.82, 2.24) is 0 Å². The quantitative estimate of drug-likeness (QED) is 0.617. The van der Waals surface area contributed by atoms with Gasteiger partial charge in [-0.1, -0.05) is 24.3 Å². The second-order valence-corrected chi connectivity index (χ2v) is 3.77. The van der Waals surface area contributed by atoms with Crippen molar-refractivity contribution in [3.63, 3.8) is 0 Å². The highest BCUT2D eigenvalue weighted by Gasteiger charge is 2.21. The molecule has 2 aromatic rings. The van der Waals surface area contributed by atoms with Gasteiger partial charge in [0.25, 0.3) is 0 Å². The fourth-order valence-electron chi connectivity index (χ4n) is 1.45. The highest BCUT2D eigenvalue weighted by atomic mass is 16.6. The van der Waals surface area contributed by atoms with Gasteiger partial charge in [-0.25, -0.2) is 0 Å². The summed E-state index contributed by atoms with van der Waals surface area (Å²) in [5, 5.41) is 37.4. The predicted octanol–water partition coefficient (Wildman–Crippen LogP) is 2.93. The molecule has 0 fully saturated rings. The van der Waals surface area contributed by atoms with Crippen LogP contribution in [0.3, 0.4) is 0 Å². The average Bonchev–Trinajstić information content (AvgIpc) is 2.55. The van der Waals surface area contributed by atoms with E-state index in [4.69, 9.17) is 10.5 Å². The van der Waals surface area contributed by atoms with Crippen LogP contribution in [0.4, 0.5) is 11.4 Å². The third-order valence-corrected chi connectivity index (χ3v) is 2.44. The second kappa shape index (κ2) is 7.72. The summed E-state index contributed by atoms with van der Waals surface area (Å²) in [4.78, 5) is 18.9. The van der Waals surface area contributed by atoms with Gasteiger partial charge < -0.3 is 0 Å². The van der Waals surface area contributed by atoms with E-state index < -0.39 is 21.2 Å². The SMILES string of the molecule is N#Cc1ccccc1C#N.O=[N+]([O-])c1ccccc1[N+](=O)[O-].